The Morgan fingerprint density at radius 3 is 2.55 bits per heavy atom. The molecule has 1 nitrogen and oxygen atoms in total. The lowest BCUT2D eigenvalue weighted by molar-refractivity contribution is -0.118. The number of allylic oxidation sites excluding steroid dienone is 1. The average Bonchev–Trinajstić information content (AvgIpc) is 2.05. The van der Waals surface area contributed by atoms with E-state index in [4.69, 9.17) is 0 Å². The Kier molecular flexibility index (Phi) is 5.81. The van der Waals surface area contributed by atoms with Gasteiger partial charge < -0.3 is 0 Å². The fraction of sp³-hybridized carbons (Fsp3) is 0.700. The zero-order valence-electron chi connectivity index (χ0n) is 7.60. The topological polar surface area (TPSA) is 17.1 Å². The Hall–Kier alpha value is -0.590. The van der Waals surface area contributed by atoms with Gasteiger partial charge in [-0.3, -0.25) is 4.79 Å². The number of hydrogen-bond acceptors (Lipinski definition) is 1. The Balaban J connectivity index is 3.74. The van der Waals surface area contributed by atoms with E-state index in [1.54, 1.807) is 0 Å². The second-order valence-electron chi connectivity index (χ2n) is 2.85. The maximum atomic E-state index is 11.1. The molecule has 11 heavy (non-hydrogen) atoms. The lowest BCUT2D eigenvalue weighted by Crippen LogP contribution is -2.10. The Bertz CT molecular complexity index is 127. The first kappa shape index (κ1) is 10.4. The van der Waals surface area contributed by atoms with E-state index in [1.165, 1.54) is 12.5 Å². The predicted octanol–water partition coefficient (Wildman–Crippen LogP) is 2.96. The molecule has 0 aromatic heterocycles. The van der Waals surface area contributed by atoms with E-state index < -0.39 is 0 Å². The molecule has 0 fully saturated rings. The Labute approximate surface area is 69.5 Å². The number of unbranched alkanes of at least 4 members (excludes halogenated alkanes) is 1. The van der Waals surface area contributed by atoms with Crippen LogP contribution in [0.15, 0.2) is 12.7 Å². The SMILES string of the molecule is C=CC(=O)C(CC)CCCC. The number of ketones is 1. The van der Waals surface area contributed by atoms with Gasteiger partial charge >= 0.3 is 0 Å². The summed E-state index contributed by atoms with van der Waals surface area (Å²) in [5.74, 6) is 0.438. The van der Waals surface area contributed by atoms with Crippen LogP contribution in [0.3, 0.4) is 0 Å². The molecule has 0 bridgehead atoms. The minimum Gasteiger partial charge on any atom is -0.295 e. The van der Waals surface area contributed by atoms with Crippen molar-refractivity contribution in [3.8, 4) is 0 Å². The van der Waals surface area contributed by atoms with Crippen LogP contribution in [0.25, 0.3) is 0 Å². The first-order valence-corrected chi connectivity index (χ1v) is 4.42. The van der Waals surface area contributed by atoms with Gasteiger partial charge in [-0.05, 0) is 18.9 Å². The highest BCUT2D eigenvalue weighted by Gasteiger charge is 2.11. The number of carbonyl (C=O) groups is 1. The molecule has 0 amide bonds. The molecule has 0 rings (SSSR count). The van der Waals surface area contributed by atoms with E-state index in [-0.39, 0.29) is 11.7 Å². The van der Waals surface area contributed by atoms with E-state index in [0.717, 1.165) is 19.3 Å². The summed E-state index contributed by atoms with van der Waals surface area (Å²) >= 11 is 0. The third-order valence-electron chi connectivity index (χ3n) is 2.00. The molecule has 0 aliphatic rings. The van der Waals surface area contributed by atoms with Gasteiger partial charge in [0.15, 0.2) is 5.78 Å². The normalized spacial score (nSPS) is 12.5. The van der Waals surface area contributed by atoms with Crippen LogP contribution in [0, 0.1) is 5.92 Å². The van der Waals surface area contributed by atoms with Crippen LogP contribution < -0.4 is 0 Å². The van der Waals surface area contributed by atoms with Gasteiger partial charge in [-0.2, -0.15) is 0 Å². The summed E-state index contributed by atoms with van der Waals surface area (Å²) in [5.41, 5.74) is 0. The van der Waals surface area contributed by atoms with Gasteiger partial charge in [-0.15, -0.1) is 0 Å². The highest BCUT2D eigenvalue weighted by Crippen LogP contribution is 2.13. The molecule has 0 radical (unpaired) electrons. The van der Waals surface area contributed by atoms with E-state index >= 15 is 0 Å². The second-order valence-corrected chi connectivity index (χ2v) is 2.85. The summed E-state index contributed by atoms with van der Waals surface area (Å²) in [6, 6.07) is 0. The van der Waals surface area contributed by atoms with Crippen molar-refractivity contribution in [1.29, 1.82) is 0 Å². The number of hydrogen-bond donors (Lipinski definition) is 0. The zero-order chi connectivity index (χ0) is 8.69. The van der Waals surface area contributed by atoms with Gasteiger partial charge in [0.25, 0.3) is 0 Å². The van der Waals surface area contributed by atoms with Crippen molar-refractivity contribution < 1.29 is 4.79 Å². The lowest BCUT2D eigenvalue weighted by Gasteiger charge is -2.09. The van der Waals surface area contributed by atoms with Crippen molar-refractivity contribution >= 4 is 5.78 Å². The zero-order valence-corrected chi connectivity index (χ0v) is 7.60. The number of carbonyl (C=O) groups excluding carboxylic acids is 1. The van der Waals surface area contributed by atoms with Gasteiger partial charge in [0, 0.05) is 5.92 Å². The maximum absolute atomic E-state index is 11.1. The van der Waals surface area contributed by atoms with Crippen LogP contribution >= 0.6 is 0 Å². The first-order valence-electron chi connectivity index (χ1n) is 4.42. The summed E-state index contributed by atoms with van der Waals surface area (Å²) in [4.78, 5) is 11.1. The standard InChI is InChI=1S/C10H18O/c1-4-7-8-9(5-2)10(11)6-3/h6,9H,3-5,7-8H2,1-2H3. The molecule has 0 saturated heterocycles. The van der Waals surface area contributed by atoms with Crippen LogP contribution in [0.4, 0.5) is 0 Å². The highest BCUT2D eigenvalue weighted by molar-refractivity contribution is 5.91. The summed E-state index contributed by atoms with van der Waals surface area (Å²) in [7, 11) is 0. The molecule has 1 heteroatoms. The maximum Gasteiger partial charge on any atom is 0.158 e. The molecule has 64 valence electrons. The number of rotatable bonds is 6. The first-order chi connectivity index (χ1) is 5.26. The van der Waals surface area contributed by atoms with Crippen LogP contribution in [0.1, 0.15) is 39.5 Å². The highest BCUT2D eigenvalue weighted by atomic mass is 16.1. The fourth-order valence-corrected chi connectivity index (χ4v) is 1.16. The molecule has 0 aliphatic heterocycles. The van der Waals surface area contributed by atoms with Crippen molar-refractivity contribution in [3.63, 3.8) is 0 Å². The van der Waals surface area contributed by atoms with Crippen molar-refractivity contribution in [1.82, 2.24) is 0 Å². The third kappa shape index (κ3) is 3.97. The van der Waals surface area contributed by atoms with Crippen molar-refractivity contribution in [3.05, 3.63) is 12.7 Å². The summed E-state index contributed by atoms with van der Waals surface area (Å²) in [6.45, 7) is 7.69. The fourth-order valence-electron chi connectivity index (χ4n) is 1.16. The van der Waals surface area contributed by atoms with Gasteiger partial charge in [0.2, 0.25) is 0 Å². The van der Waals surface area contributed by atoms with Crippen LogP contribution in [-0.2, 0) is 4.79 Å². The summed E-state index contributed by atoms with van der Waals surface area (Å²) in [6.07, 6.45) is 5.74. The van der Waals surface area contributed by atoms with Gasteiger partial charge in [0.1, 0.15) is 0 Å². The van der Waals surface area contributed by atoms with Gasteiger partial charge in [0.05, 0.1) is 0 Å². The Morgan fingerprint density at radius 2 is 2.18 bits per heavy atom. The van der Waals surface area contributed by atoms with E-state index in [9.17, 15) is 4.79 Å². The summed E-state index contributed by atoms with van der Waals surface area (Å²) < 4.78 is 0. The minimum atomic E-state index is 0.209. The molecule has 0 aliphatic carbocycles. The molecule has 0 N–H and O–H groups in total. The molecular weight excluding hydrogens is 136 g/mol. The summed E-state index contributed by atoms with van der Waals surface area (Å²) in [5, 5.41) is 0. The molecule has 0 spiro atoms. The van der Waals surface area contributed by atoms with Crippen molar-refractivity contribution in [2.75, 3.05) is 0 Å². The molecule has 1 unspecified atom stereocenters. The monoisotopic (exact) mass is 154 g/mol. The molecule has 0 aromatic rings. The van der Waals surface area contributed by atoms with E-state index in [1.807, 2.05) is 0 Å². The average molecular weight is 154 g/mol. The molecule has 1 atom stereocenters. The predicted molar refractivity (Wildman–Crippen MR) is 48.5 cm³/mol. The van der Waals surface area contributed by atoms with Gasteiger partial charge in [-0.25, -0.2) is 0 Å². The smallest absolute Gasteiger partial charge is 0.158 e. The largest absolute Gasteiger partial charge is 0.295 e. The Morgan fingerprint density at radius 1 is 1.55 bits per heavy atom. The van der Waals surface area contributed by atoms with E-state index in [0.29, 0.717) is 0 Å². The van der Waals surface area contributed by atoms with Crippen LogP contribution in [0.2, 0.25) is 0 Å². The molecule has 0 aromatic carbocycles. The minimum absolute atomic E-state index is 0.209. The van der Waals surface area contributed by atoms with Crippen molar-refractivity contribution in [2.45, 2.75) is 39.5 Å². The quantitative estimate of drug-likeness (QED) is 0.537. The van der Waals surface area contributed by atoms with Crippen molar-refractivity contribution in [2.24, 2.45) is 5.92 Å². The van der Waals surface area contributed by atoms with Crippen LogP contribution in [-0.4, -0.2) is 5.78 Å². The lowest BCUT2D eigenvalue weighted by atomic mass is 9.95. The third-order valence-corrected chi connectivity index (χ3v) is 2.00. The molecule has 0 heterocycles. The molecular formula is C10H18O. The second kappa shape index (κ2) is 6.14. The van der Waals surface area contributed by atoms with Gasteiger partial charge in [-0.1, -0.05) is 33.3 Å². The molecule has 0 saturated carbocycles. The van der Waals surface area contributed by atoms with E-state index in [2.05, 4.69) is 20.4 Å². The van der Waals surface area contributed by atoms with Crippen LogP contribution in [0.5, 0.6) is 0 Å².